The summed E-state index contributed by atoms with van der Waals surface area (Å²) in [6, 6.07) is 7.35. The van der Waals surface area contributed by atoms with Crippen molar-refractivity contribution in [3.63, 3.8) is 0 Å². The lowest BCUT2D eigenvalue weighted by atomic mass is 9.89. The fourth-order valence-electron chi connectivity index (χ4n) is 3.72. The van der Waals surface area contributed by atoms with E-state index in [1.165, 1.54) is 0 Å². The molecule has 2 aliphatic rings. The van der Waals surface area contributed by atoms with Gasteiger partial charge in [0.1, 0.15) is 11.9 Å². The zero-order valence-electron chi connectivity index (χ0n) is 14.0. The smallest absolute Gasteiger partial charge is 0.255 e. The van der Waals surface area contributed by atoms with Crippen molar-refractivity contribution in [1.82, 2.24) is 14.9 Å². The van der Waals surface area contributed by atoms with Crippen LogP contribution in [-0.4, -0.2) is 52.2 Å². The molecule has 2 unspecified atom stereocenters. The van der Waals surface area contributed by atoms with Gasteiger partial charge in [0.2, 0.25) is 0 Å². The van der Waals surface area contributed by atoms with E-state index >= 15 is 0 Å². The van der Waals surface area contributed by atoms with E-state index < -0.39 is 0 Å². The van der Waals surface area contributed by atoms with Gasteiger partial charge in [-0.25, -0.2) is 0 Å². The molecule has 25 heavy (non-hydrogen) atoms. The van der Waals surface area contributed by atoms with Crippen LogP contribution >= 0.6 is 0 Å². The fraction of sp³-hybridized carbons (Fsp3) is 0.421. The Morgan fingerprint density at radius 3 is 2.84 bits per heavy atom. The Hall–Kier alpha value is -2.47. The first-order chi connectivity index (χ1) is 12.2. The topological polar surface area (TPSA) is 64.6 Å². The van der Waals surface area contributed by atoms with E-state index in [1.807, 2.05) is 17.0 Å². The van der Waals surface area contributed by atoms with E-state index in [9.17, 15) is 4.79 Å². The van der Waals surface area contributed by atoms with Gasteiger partial charge < -0.3 is 14.4 Å². The van der Waals surface area contributed by atoms with Crippen LogP contribution in [0.15, 0.2) is 49.1 Å². The molecule has 1 spiro atoms. The van der Waals surface area contributed by atoms with Gasteiger partial charge in [-0.3, -0.25) is 14.8 Å². The molecule has 0 aromatic carbocycles. The summed E-state index contributed by atoms with van der Waals surface area (Å²) in [5.74, 6) is 0.777. The third kappa shape index (κ3) is 3.49. The number of likely N-dealkylation sites (tertiary alicyclic amines) is 1. The number of ether oxygens (including phenoxy) is 2. The molecule has 2 fully saturated rings. The molecular formula is C19H21N3O3. The predicted molar refractivity (Wildman–Crippen MR) is 91.3 cm³/mol. The third-order valence-corrected chi connectivity index (χ3v) is 4.85. The van der Waals surface area contributed by atoms with Crippen molar-refractivity contribution < 1.29 is 14.3 Å². The standard InChI is InChI=1S/C19H21N3O3/c23-18(15-4-1-7-20-11-15)22-9-3-6-19(14-22)10-17(13-24-19)25-16-5-2-8-21-12-16/h1-2,4-5,7-8,11-12,17H,3,6,9-10,13-14H2. The summed E-state index contributed by atoms with van der Waals surface area (Å²) in [6.07, 6.45) is 9.41. The number of carbonyl (C=O) groups excluding carboxylic acids is 1. The molecule has 6 heteroatoms. The summed E-state index contributed by atoms with van der Waals surface area (Å²) >= 11 is 0. The number of carbonyl (C=O) groups is 1. The van der Waals surface area contributed by atoms with E-state index in [-0.39, 0.29) is 17.6 Å². The van der Waals surface area contributed by atoms with Crippen LogP contribution in [0.25, 0.3) is 0 Å². The summed E-state index contributed by atoms with van der Waals surface area (Å²) in [7, 11) is 0. The van der Waals surface area contributed by atoms with Gasteiger partial charge in [0.15, 0.2) is 0 Å². The molecule has 4 rings (SSSR count). The molecule has 0 bridgehead atoms. The van der Waals surface area contributed by atoms with Gasteiger partial charge in [0.25, 0.3) is 5.91 Å². The lowest BCUT2D eigenvalue weighted by molar-refractivity contribution is -0.0453. The molecular weight excluding hydrogens is 318 g/mol. The summed E-state index contributed by atoms with van der Waals surface area (Å²) in [5, 5.41) is 0. The summed E-state index contributed by atoms with van der Waals surface area (Å²) in [4.78, 5) is 22.7. The molecule has 6 nitrogen and oxygen atoms in total. The molecule has 0 aliphatic carbocycles. The van der Waals surface area contributed by atoms with Gasteiger partial charge in [-0.2, -0.15) is 0 Å². The molecule has 0 radical (unpaired) electrons. The molecule has 1 amide bonds. The number of hydrogen-bond acceptors (Lipinski definition) is 5. The minimum atomic E-state index is -0.303. The van der Waals surface area contributed by atoms with Gasteiger partial charge in [0.05, 0.1) is 30.5 Å². The number of rotatable bonds is 3. The second kappa shape index (κ2) is 6.80. The Morgan fingerprint density at radius 1 is 1.24 bits per heavy atom. The van der Waals surface area contributed by atoms with Gasteiger partial charge in [0, 0.05) is 31.6 Å². The van der Waals surface area contributed by atoms with Gasteiger partial charge >= 0.3 is 0 Å². The normalized spacial score (nSPS) is 25.9. The van der Waals surface area contributed by atoms with E-state index in [0.29, 0.717) is 18.7 Å². The molecule has 2 atom stereocenters. The van der Waals surface area contributed by atoms with Crippen molar-refractivity contribution in [2.24, 2.45) is 0 Å². The Labute approximate surface area is 146 Å². The number of hydrogen-bond donors (Lipinski definition) is 0. The summed E-state index contributed by atoms with van der Waals surface area (Å²) < 4.78 is 12.1. The minimum absolute atomic E-state index is 0.00218. The first kappa shape index (κ1) is 16.0. The van der Waals surface area contributed by atoms with Crippen LogP contribution in [0.5, 0.6) is 5.75 Å². The largest absolute Gasteiger partial charge is 0.486 e. The molecule has 2 aliphatic heterocycles. The quantitative estimate of drug-likeness (QED) is 0.859. The second-order valence-electron chi connectivity index (χ2n) is 6.70. The SMILES string of the molecule is O=C(c1cccnc1)N1CCCC2(CC(Oc3cccnc3)CO2)C1. The first-order valence-electron chi connectivity index (χ1n) is 8.64. The van der Waals surface area contributed by atoms with E-state index in [2.05, 4.69) is 9.97 Å². The van der Waals surface area contributed by atoms with Gasteiger partial charge in [-0.05, 0) is 37.1 Å². The molecule has 130 valence electrons. The highest BCUT2D eigenvalue weighted by molar-refractivity contribution is 5.94. The van der Waals surface area contributed by atoms with Crippen LogP contribution in [0.4, 0.5) is 0 Å². The Morgan fingerprint density at radius 2 is 2.08 bits per heavy atom. The first-order valence-corrected chi connectivity index (χ1v) is 8.64. The van der Waals surface area contributed by atoms with Crippen molar-refractivity contribution in [3.8, 4) is 5.75 Å². The molecule has 2 aromatic heterocycles. The van der Waals surface area contributed by atoms with Crippen molar-refractivity contribution in [3.05, 3.63) is 54.6 Å². The Balaban J connectivity index is 1.42. The number of nitrogens with zero attached hydrogens (tertiary/aromatic N) is 3. The lowest BCUT2D eigenvalue weighted by Gasteiger charge is -2.39. The number of piperidine rings is 1. The molecule has 2 saturated heterocycles. The fourth-order valence-corrected chi connectivity index (χ4v) is 3.72. The van der Waals surface area contributed by atoms with Crippen LogP contribution in [-0.2, 0) is 4.74 Å². The maximum atomic E-state index is 12.7. The maximum Gasteiger partial charge on any atom is 0.255 e. The van der Waals surface area contributed by atoms with Crippen LogP contribution in [0.2, 0.25) is 0 Å². The maximum absolute atomic E-state index is 12.7. The third-order valence-electron chi connectivity index (χ3n) is 4.85. The summed E-state index contributed by atoms with van der Waals surface area (Å²) in [6.45, 7) is 1.91. The number of pyridine rings is 2. The minimum Gasteiger partial charge on any atom is -0.486 e. The number of amides is 1. The van der Waals surface area contributed by atoms with Crippen molar-refractivity contribution in [1.29, 1.82) is 0 Å². The Bertz CT molecular complexity index is 725. The molecule has 4 heterocycles. The lowest BCUT2D eigenvalue weighted by Crippen LogP contribution is -2.50. The van der Waals surface area contributed by atoms with Crippen LogP contribution in [0.3, 0.4) is 0 Å². The van der Waals surface area contributed by atoms with Crippen molar-refractivity contribution >= 4 is 5.91 Å². The van der Waals surface area contributed by atoms with Crippen molar-refractivity contribution in [2.75, 3.05) is 19.7 Å². The average Bonchev–Trinajstić information content (AvgIpc) is 3.04. The van der Waals surface area contributed by atoms with Crippen molar-refractivity contribution in [2.45, 2.75) is 31.0 Å². The number of aromatic nitrogens is 2. The zero-order valence-corrected chi connectivity index (χ0v) is 14.0. The van der Waals surface area contributed by atoms with E-state index in [0.717, 1.165) is 31.6 Å². The Kier molecular flexibility index (Phi) is 4.36. The predicted octanol–water partition coefficient (Wildman–Crippen LogP) is 2.32. The monoisotopic (exact) mass is 339 g/mol. The highest BCUT2D eigenvalue weighted by atomic mass is 16.6. The highest BCUT2D eigenvalue weighted by Crippen LogP contribution is 2.36. The second-order valence-corrected chi connectivity index (χ2v) is 6.70. The summed E-state index contributed by atoms with van der Waals surface area (Å²) in [5.41, 5.74) is 0.323. The van der Waals surface area contributed by atoms with Gasteiger partial charge in [-0.15, -0.1) is 0 Å². The van der Waals surface area contributed by atoms with E-state index in [1.54, 1.807) is 36.9 Å². The van der Waals surface area contributed by atoms with Crippen LogP contribution in [0, 0.1) is 0 Å². The zero-order chi connectivity index (χ0) is 17.1. The van der Waals surface area contributed by atoms with Crippen LogP contribution < -0.4 is 4.74 Å². The molecule has 0 N–H and O–H groups in total. The van der Waals surface area contributed by atoms with Crippen LogP contribution in [0.1, 0.15) is 29.6 Å². The highest BCUT2D eigenvalue weighted by Gasteiger charge is 2.45. The molecule has 0 saturated carbocycles. The average molecular weight is 339 g/mol. The van der Waals surface area contributed by atoms with Gasteiger partial charge in [-0.1, -0.05) is 0 Å². The van der Waals surface area contributed by atoms with E-state index in [4.69, 9.17) is 9.47 Å². The molecule has 2 aromatic rings.